The van der Waals surface area contributed by atoms with E-state index in [1.165, 1.54) is 6.07 Å². The molecule has 0 aliphatic rings. The fraction of sp³-hybridized carbons (Fsp3) is 0.200. The molecule has 0 aliphatic carbocycles. The van der Waals surface area contributed by atoms with Gasteiger partial charge in [0.2, 0.25) is 0 Å². The Morgan fingerprint density at radius 3 is 2.47 bits per heavy atom. The van der Waals surface area contributed by atoms with Gasteiger partial charge in [0.25, 0.3) is 0 Å². The highest BCUT2D eigenvalue weighted by atomic mass is 79.9. The molecule has 2 aromatic carbocycles. The van der Waals surface area contributed by atoms with E-state index in [0.29, 0.717) is 16.8 Å². The highest BCUT2D eigenvalue weighted by molar-refractivity contribution is 9.10. The number of benzene rings is 2. The van der Waals surface area contributed by atoms with Crippen molar-refractivity contribution in [2.24, 2.45) is 0 Å². The van der Waals surface area contributed by atoms with Crippen LogP contribution in [0.2, 0.25) is 0 Å². The minimum atomic E-state index is -0.484. The smallest absolute Gasteiger partial charge is 0.137 e. The Morgan fingerprint density at radius 1 is 1.21 bits per heavy atom. The van der Waals surface area contributed by atoms with Gasteiger partial charge in [-0.2, -0.15) is 0 Å². The molecule has 0 aliphatic heterocycles. The van der Waals surface area contributed by atoms with Gasteiger partial charge >= 0.3 is 0 Å². The first-order valence-corrected chi connectivity index (χ1v) is 6.70. The zero-order valence-corrected chi connectivity index (χ0v) is 12.0. The molecular weight excluding hydrogens is 311 g/mol. The molecule has 0 fully saturated rings. The van der Waals surface area contributed by atoms with Crippen molar-refractivity contribution in [1.29, 1.82) is 0 Å². The molecule has 100 valence electrons. The fourth-order valence-corrected chi connectivity index (χ4v) is 2.06. The minimum absolute atomic E-state index is 0.287. The zero-order valence-electron chi connectivity index (χ0n) is 10.4. The SMILES string of the molecule is CC(O)c1ccc(OCc2ccc(F)c(Br)c2)cc1. The predicted molar refractivity (Wildman–Crippen MR) is 75.5 cm³/mol. The molecule has 0 heterocycles. The molecule has 1 N–H and O–H groups in total. The van der Waals surface area contributed by atoms with E-state index in [2.05, 4.69) is 15.9 Å². The Kier molecular flexibility index (Phi) is 4.56. The Bertz CT molecular complexity index is 553. The molecular formula is C15H14BrFO2. The molecule has 0 amide bonds. The van der Waals surface area contributed by atoms with Gasteiger partial charge in [0.1, 0.15) is 18.2 Å². The average molecular weight is 325 g/mol. The third-order valence-corrected chi connectivity index (χ3v) is 3.36. The van der Waals surface area contributed by atoms with Gasteiger partial charge in [-0.25, -0.2) is 4.39 Å². The third kappa shape index (κ3) is 3.78. The standard InChI is InChI=1S/C15H14BrFO2/c1-10(18)12-3-5-13(6-4-12)19-9-11-2-7-15(17)14(16)8-11/h2-8,10,18H,9H2,1H3. The van der Waals surface area contributed by atoms with Crippen molar-refractivity contribution in [1.82, 2.24) is 0 Å². The molecule has 2 rings (SSSR count). The van der Waals surface area contributed by atoms with Gasteiger partial charge in [-0.05, 0) is 58.2 Å². The van der Waals surface area contributed by atoms with E-state index < -0.39 is 6.10 Å². The van der Waals surface area contributed by atoms with Crippen LogP contribution in [0.4, 0.5) is 4.39 Å². The van der Waals surface area contributed by atoms with Crippen LogP contribution in [0.15, 0.2) is 46.9 Å². The lowest BCUT2D eigenvalue weighted by molar-refractivity contribution is 0.199. The van der Waals surface area contributed by atoms with Crippen LogP contribution in [0.3, 0.4) is 0 Å². The molecule has 0 radical (unpaired) electrons. The normalized spacial score (nSPS) is 12.2. The largest absolute Gasteiger partial charge is 0.489 e. The van der Waals surface area contributed by atoms with Crippen molar-refractivity contribution in [3.63, 3.8) is 0 Å². The van der Waals surface area contributed by atoms with E-state index in [1.54, 1.807) is 31.2 Å². The van der Waals surface area contributed by atoms with Gasteiger partial charge in [-0.3, -0.25) is 0 Å². The van der Waals surface area contributed by atoms with Gasteiger partial charge in [0.15, 0.2) is 0 Å². The van der Waals surface area contributed by atoms with E-state index in [9.17, 15) is 9.50 Å². The van der Waals surface area contributed by atoms with Crippen molar-refractivity contribution < 1.29 is 14.2 Å². The van der Waals surface area contributed by atoms with Gasteiger partial charge in [0, 0.05) is 0 Å². The summed E-state index contributed by atoms with van der Waals surface area (Å²) in [6.07, 6.45) is -0.484. The molecule has 0 saturated heterocycles. The highest BCUT2D eigenvalue weighted by Gasteiger charge is 2.03. The summed E-state index contributed by atoms with van der Waals surface area (Å²) in [5.41, 5.74) is 1.73. The van der Waals surface area contributed by atoms with Crippen molar-refractivity contribution >= 4 is 15.9 Å². The Morgan fingerprint density at radius 2 is 1.89 bits per heavy atom. The second-order valence-corrected chi connectivity index (χ2v) is 5.14. The maximum atomic E-state index is 13.1. The fourth-order valence-electron chi connectivity index (χ4n) is 1.64. The second-order valence-electron chi connectivity index (χ2n) is 4.28. The van der Waals surface area contributed by atoms with Crippen LogP contribution < -0.4 is 4.74 Å². The average Bonchev–Trinajstić information content (AvgIpc) is 2.40. The lowest BCUT2D eigenvalue weighted by atomic mass is 10.1. The number of aliphatic hydroxyl groups is 1. The summed E-state index contributed by atoms with van der Waals surface area (Å²) in [6, 6.07) is 12.0. The molecule has 0 aromatic heterocycles. The van der Waals surface area contributed by atoms with Crippen molar-refractivity contribution in [2.75, 3.05) is 0 Å². The van der Waals surface area contributed by atoms with E-state index >= 15 is 0 Å². The molecule has 4 heteroatoms. The number of hydrogen-bond acceptors (Lipinski definition) is 2. The van der Waals surface area contributed by atoms with E-state index in [-0.39, 0.29) is 5.82 Å². The first-order chi connectivity index (χ1) is 9.06. The van der Waals surface area contributed by atoms with Crippen LogP contribution in [0.25, 0.3) is 0 Å². The van der Waals surface area contributed by atoms with Gasteiger partial charge < -0.3 is 9.84 Å². The number of aliphatic hydroxyl groups excluding tert-OH is 1. The summed E-state index contributed by atoms with van der Waals surface area (Å²) in [4.78, 5) is 0. The molecule has 2 aromatic rings. The summed E-state index contributed by atoms with van der Waals surface area (Å²) in [5, 5.41) is 9.40. The molecule has 0 saturated carbocycles. The maximum Gasteiger partial charge on any atom is 0.137 e. The zero-order chi connectivity index (χ0) is 13.8. The summed E-state index contributed by atoms with van der Waals surface area (Å²) in [6.45, 7) is 2.08. The van der Waals surface area contributed by atoms with Crippen LogP contribution >= 0.6 is 15.9 Å². The molecule has 0 bridgehead atoms. The Labute approximate surface area is 120 Å². The number of ether oxygens (including phenoxy) is 1. The first-order valence-electron chi connectivity index (χ1n) is 5.91. The van der Waals surface area contributed by atoms with E-state index in [0.717, 1.165) is 11.1 Å². The van der Waals surface area contributed by atoms with Crippen LogP contribution in [-0.4, -0.2) is 5.11 Å². The van der Waals surface area contributed by atoms with Crippen LogP contribution in [0.5, 0.6) is 5.75 Å². The summed E-state index contributed by atoms with van der Waals surface area (Å²) in [7, 11) is 0. The van der Waals surface area contributed by atoms with Gasteiger partial charge in [-0.1, -0.05) is 18.2 Å². The third-order valence-electron chi connectivity index (χ3n) is 2.75. The minimum Gasteiger partial charge on any atom is -0.489 e. The van der Waals surface area contributed by atoms with Crippen LogP contribution in [0, 0.1) is 5.82 Å². The van der Waals surface area contributed by atoms with Gasteiger partial charge in [-0.15, -0.1) is 0 Å². The van der Waals surface area contributed by atoms with E-state index in [4.69, 9.17) is 4.74 Å². The quantitative estimate of drug-likeness (QED) is 0.912. The predicted octanol–water partition coefficient (Wildman–Crippen LogP) is 4.22. The Hall–Kier alpha value is -1.39. The number of hydrogen-bond donors (Lipinski definition) is 1. The molecule has 1 unspecified atom stereocenters. The summed E-state index contributed by atoms with van der Waals surface area (Å²) >= 11 is 3.14. The highest BCUT2D eigenvalue weighted by Crippen LogP contribution is 2.20. The number of rotatable bonds is 4. The van der Waals surface area contributed by atoms with Crippen LogP contribution in [0.1, 0.15) is 24.2 Å². The maximum absolute atomic E-state index is 13.1. The lowest BCUT2D eigenvalue weighted by Gasteiger charge is -2.09. The van der Waals surface area contributed by atoms with Crippen molar-refractivity contribution in [2.45, 2.75) is 19.6 Å². The summed E-state index contributed by atoms with van der Waals surface area (Å²) < 4.78 is 19.1. The molecule has 0 spiro atoms. The number of halogens is 2. The second kappa shape index (κ2) is 6.17. The van der Waals surface area contributed by atoms with E-state index in [1.807, 2.05) is 12.1 Å². The first kappa shape index (κ1) is 14.0. The monoisotopic (exact) mass is 324 g/mol. The summed E-state index contributed by atoms with van der Waals surface area (Å²) in [5.74, 6) is 0.426. The van der Waals surface area contributed by atoms with Crippen molar-refractivity contribution in [3.05, 3.63) is 63.9 Å². The lowest BCUT2D eigenvalue weighted by Crippen LogP contribution is -1.97. The Balaban J connectivity index is 2.00. The molecule has 1 atom stereocenters. The molecule has 19 heavy (non-hydrogen) atoms. The molecule has 2 nitrogen and oxygen atoms in total. The van der Waals surface area contributed by atoms with Gasteiger partial charge in [0.05, 0.1) is 10.6 Å². The van der Waals surface area contributed by atoms with Crippen LogP contribution in [-0.2, 0) is 6.61 Å². The van der Waals surface area contributed by atoms with Crippen molar-refractivity contribution in [3.8, 4) is 5.75 Å². The topological polar surface area (TPSA) is 29.5 Å².